The van der Waals surface area contributed by atoms with E-state index in [9.17, 15) is 4.79 Å². The maximum absolute atomic E-state index is 11.9. The van der Waals surface area contributed by atoms with Crippen molar-refractivity contribution in [2.45, 2.75) is 45.4 Å². The van der Waals surface area contributed by atoms with Crippen molar-refractivity contribution in [2.24, 2.45) is 0 Å². The van der Waals surface area contributed by atoms with Crippen LogP contribution in [0.2, 0.25) is 0 Å². The normalized spacial score (nSPS) is 11.8. The van der Waals surface area contributed by atoms with Crippen LogP contribution in [0.4, 0.5) is 0 Å². The summed E-state index contributed by atoms with van der Waals surface area (Å²) in [6.45, 7) is 4.08. The number of rotatable bonds is 6. The summed E-state index contributed by atoms with van der Waals surface area (Å²) in [6, 6.07) is 9.77. The topological polar surface area (TPSA) is 40.9 Å². The summed E-state index contributed by atoms with van der Waals surface area (Å²) in [4.78, 5) is 11.9. The number of hydrogen-bond donors (Lipinski definition) is 0. The number of nitrogens with zero attached hydrogens (tertiary/aromatic N) is 1. The molecular formula is C15H19NO. The molecule has 1 unspecified atom stereocenters. The van der Waals surface area contributed by atoms with Crippen LogP contribution in [0.5, 0.6) is 0 Å². The first-order valence-electron chi connectivity index (χ1n) is 6.18. The van der Waals surface area contributed by atoms with Crippen molar-refractivity contribution in [3.8, 4) is 6.07 Å². The predicted octanol–water partition coefficient (Wildman–Crippen LogP) is 3.75. The molecule has 0 bridgehead atoms. The van der Waals surface area contributed by atoms with E-state index in [-0.39, 0.29) is 5.78 Å². The number of Topliss-reactive ketones (excluding diaryl/α,β-unsaturated/α-hetero) is 1. The van der Waals surface area contributed by atoms with Crippen LogP contribution in [-0.4, -0.2) is 5.78 Å². The minimum Gasteiger partial charge on any atom is -0.298 e. The van der Waals surface area contributed by atoms with Crippen LogP contribution < -0.4 is 0 Å². The summed E-state index contributed by atoms with van der Waals surface area (Å²) in [7, 11) is 0. The van der Waals surface area contributed by atoms with Gasteiger partial charge < -0.3 is 0 Å². The molecule has 0 saturated carbocycles. The lowest BCUT2D eigenvalue weighted by molar-refractivity contribution is -0.119. The fourth-order valence-corrected chi connectivity index (χ4v) is 1.88. The third kappa shape index (κ3) is 4.03. The SMILES string of the molecule is CCCCCC(=O)C(C#N)c1cccc(C)c1. The van der Waals surface area contributed by atoms with Gasteiger partial charge >= 0.3 is 0 Å². The maximum atomic E-state index is 11.9. The highest BCUT2D eigenvalue weighted by Crippen LogP contribution is 2.20. The highest BCUT2D eigenvalue weighted by Gasteiger charge is 2.19. The molecule has 0 aliphatic carbocycles. The van der Waals surface area contributed by atoms with E-state index >= 15 is 0 Å². The Balaban J connectivity index is 2.72. The molecule has 0 spiro atoms. The van der Waals surface area contributed by atoms with Crippen molar-refractivity contribution in [3.63, 3.8) is 0 Å². The second-order valence-electron chi connectivity index (χ2n) is 4.40. The van der Waals surface area contributed by atoms with Crippen molar-refractivity contribution >= 4 is 5.78 Å². The molecule has 0 amide bonds. The van der Waals surface area contributed by atoms with Gasteiger partial charge in [-0.2, -0.15) is 5.26 Å². The van der Waals surface area contributed by atoms with Gasteiger partial charge in [0.25, 0.3) is 0 Å². The second-order valence-corrected chi connectivity index (χ2v) is 4.40. The van der Waals surface area contributed by atoms with E-state index in [0.29, 0.717) is 6.42 Å². The molecule has 1 atom stereocenters. The Labute approximate surface area is 103 Å². The Bertz CT molecular complexity index is 417. The number of benzene rings is 1. The lowest BCUT2D eigenvalue weighted by Crippen LogP contribution is -2.10. The van der Waals surface area contributed by atoms with Gasteiger partial charge in [0, 0.05) is 6.42 Å². The molecule has 0 aliphatic heterocycles. The van der Waals surface area contributed by atoms with Crippen molar-refractivity contribution in [3.05, 3.63) is 35.4 Å². The fourth-order valence-electron chi connectivity index (χ4n) is 1.88. The average Bonchev–Trinajstić information content (AvgIpc) is 2.30. The fraction of sp³-hybridized carbons (Fsp3) is 0.467. The quantitative estimate of drug-likeness (QED) is 0.697. The third-order valence-electron chi connectivity index (χ3n) is 2.85. The van der Waals surface area contributed by atoms with E-state index in [4.69, 9.17) is 5.26 Å². The van der Waals surface area contributed by atoms with Gasteiger partial charge in [-0.25, -0.2) is 0 Å². The first kappa shape index (κ1) is 13.4. The van der Waals surface area contributed by atoms with Gasteiger partial charge in [-0.05, 0) is 18.9 Å². The van der Waals surface area contributed by atoms with Crippen LogP contribution in [0, 0.1) is 18.3 Å². The number of unbranched alkanes of at least 4 members (excludes halogenated alkanes) is 2. The zero-order chi connectivity index (χ0) is 12.7. The molecule has 0 heterocycles. The summed E-state index contributed by atoms with van der Waals surface area (Å²) in [6.07, 6.45) is 3.55. The van der Waals surface area contributed by atoms with Crippen LogP contribution >= 0.6 is 0 Å². The van der Waals surface area contributed by atoms with Gasteiger partial charge in [-0.15, -0.1) is 0 Å². The molecule has 0 N–H and O–H groups in total. The molecule has 1 aromatic carbocycles. The smallest absolute Gasteiger partial charge is 0.154 e. The molecule has 2 heteroatoms. The third-order valence-corrected chi connectivity index (χ3v) is 2.85. The molecule has 17 heavy (non-hydrogen) atoms. The van der Waals surface area contributed by atoms with Crippen molar-refractivity contribution in [1.82, 2.24) is 0 Å². The van der Waals surface area contributed by atoms with Gasteiger partial charge in [-0.1, -0.05) is 49.6 Å². The molecule has 1 aromatic rings. The van der Waals surface area contributed by atoms with Crippen LogP contribution in [0.3, 0.4) is 0 Å². The second kappa shape index (κ2) is 6.85. The van der Waals surface area contributed by atoms with Crippen LogP contribution in [-0.2, 0) is 4.79 Å². The van der Waals surface area contributed by atoms with E-state index in [2.05, 4.69) is 13.0 Å². The molecule has 1 rings (SSSR count). The van der Waals surface area contributed by atoms with Crippen molar-refractivity contribution in [1.29, 1.82) is 5.26 Å². The number of ketones is 1. The van der Waals surface area contributed by atoms with Gasteiger partial charge in [0.05, 0.1) is 6.07 Å². The van der Waals surface area contributed by atoms with Crippen LogP contribution in [0.25, 0.3) is 0 Å². The minimum atomic E-state index is -0.591. The zero-order valence-corrected chi connectivity index (χ0v) is 10.6. The summed E-state index contributed by atoms with van der Waals surface area (Å²) in [5.74, 6) is -0.543. The Hall–Kier alpha value is -1.62. The number of hydrogen-bond acceptors (Lipinski definition) is 2. The lowest BCUT2D eigenvalue weighted by atomic mass is 9.92. The van der Waals surface area contributed by atoms with Crippen molar-refractivity contribution in [2.75, 3.05) is 0 Å². The molecular weight excluding hydrogens is 210 g/mol. The molecule has 90 valence electrons. The standard InChI is InChI=1S/C15H19NO/c1-3-4-5-9-15(17)14(11-16)13-8-6-7-12(2)10-13/h6-8,10,14H,3-5,9H2,1-2H3. The van der Waals surface area contributed by atoms with E-state index in [0.717, 1.165) is 30.4 Å². The number of carbonyl (C=O) groups is 1. The van der Waals surface area contributed by atoms with Gasteiger partial charge in [-0.3, -0.25) is 4.79 Å². The number of aryl methyl sites for hydroxylation is 1. The lowest BCUT2D eigenvalue weighted by Gasteiger charge is -2.09. The van der Waals surface area contributed by atoms with Gasteiger partial charge in [0.2, 0.25) is 0 Å². The molecule has 0 fully saturated rings. The van der Waals surface area contributed by atoms with Crippen LogP contribution in [0.1, 0.15) is 49.7 Å². The summed E-state index contributed by atoms with van der Waals surface area (Å²) in [5, 5.41) is 9.13. The Morgan fingerprint density at radius 1 is 1.41 bits per heavy atom. The molecule has 0 aliphatic rings. The summed E-state index contributed by atoms with van der Waals surface area (Å²) in [5.41, 5.74) is 1.91. The van der Waals surface area contributed by atoms with Crippen LogP contribution in [0.15, 0.2) is 24.3 Å². The Kier molecular flexibility index (Phi) is 5.42. The average molecular weight is 229 g/mol. The molecule has 0 saturated heterocycles. The Morgan fingerprint density at radius 2 is 2.18 bits per heavy atom. The Morgan fingerprint density at radius 3 is 2.76 bits per heavy atom. The first-order valence-corrected chi connectivity index (χ1v) is 6.18. The zero-order valence-electron chi connectivity index (χ0n) is 10.6. The monoisotopic (exact) mass is 229 g/mol. The predicted molar refractivity (Wildman–Crippen MR) is 68.7 cm³/mol. The van der Waals surface area contributed by atoms with Gasteiger partial charge in [0.15, 0.2) is 5.78 Å². The summed E-state index contributed by atoms with van der Waals surface area (Å²) < 4.78 is 0. The van der Waals surface area contributed by atoms with E-state index < -0.39 is 5.92 Å². The molecule has 0 aromatic heterocycles. The first-order chi connectivity index (χ1) is 8.19. The molecule has 2 nitrogen and oxygen atoms in total. The summed E-state index contributed by atoms with van der Waals surface area (Å²) >= 11 is 0. The highest BCUT2D eigenvalue weighted by molar-refractivity contribution is 5.88. The number of nitriles is 1. The maximum Gasteiger partial charge on any atom is 0.154 e. The number of carbonyl (C=O) groups excluding carboxylic acids is 1. The van der Waals surface area contributed by atoms with Crippen molar-refractivity contribution < 1.29 is 4.79 Å². The van der Waals surface area contributed by atoms with E-state index in [1.165, 1.54) is 0 Å². The minimum absolute atomic E-state index is 0.0477. The largest absolute Gasteiger partial charge is 0.298 e. The van der Waals surface area contributed by atoms with E-state index in [1.54, 1.807) is 0 Å². The van der Waals surface area contributed by atoms with E-state index in [1.807, 2.05) is 31.2 Å². The highest BCUT2D eigenvalue weighted by atomic mass is 16.1. The molecule has 0 radical (unpaired) electrons. The van der Waals surface area contributed by atoms with Gasteiger partial charge in [0.1, 0.15) is 5.92 Å².